The van der Waals surface area contributed by atoms with Gasteiger partial charge in [-0.2, -0.15) is 0 Å². The fourth-order valence-electron chi connectivity index (χ4n) is 3.48. The average molecular weight is 367 g/mol. The number of carbonyl (C=O) groups is 1. The molecule has 1 unspecified atom stereocenters. The number of nitrogens with zero attached hydrogens (tertiary/aromatic N) is 3. The summed E-state index contributed by atoms with van der Waals surface area (Å²) in [4.78, 5) is 23.2. The van der Waals surface area contributed by atoms with Crippen molar-refractivity contribution in [3.8, 4) is 0 Å². The third kappa shape index (κ3) is 5.50. The largest absolute Gasteiger partial charge is 0.366 e. The van der Waals surface area contributed by atoms with Crippen molar-refractivity contribution in [3.05, 3.63) is 53.5 Å². The Kier molecular flexibility index (Phi) is 6.76. The molecule has 2 aromatic heterocycles. The van der Waals surface area contributed by atoms with Gasteiger partial charge in [0, 0.05) is 37.7 Å². The van der Waals surface area contributed by atoms with E-state index in [1.165, 1.54) is 24.8 Å². The lowest BCUT2D eigenvalue weighted by atomic mass is 10.0. The lowest BCUT2D eigenvalue weighted by Crippen LogP contribution is -2.39. The van der Waals surface area contributed by atoms with Gasteiger partial charge in [-0.1, -0.05) is 6.42 Å². The van der Waals surface area contributed by atoms with Crippen molar-refractivity contribution in [1.29, 1.82) is 0 Å². The molecule has 0 bridgehead atoms. The maximum Gasteiger partial charge on any atom is 0.252 e. The second kappa shape index (κ2) is 9.46. The number of amides is 1. The third-order valence-corrected chi connectivity index (χ3v) is 5.31. The summed E-state index contributed by atoms with van der Waals surface area (Å²) in [6.45, 7) is 4.59. The van der Waals surface area contributed by atoms with Gasteiger partial charge in [-0.25, -0.2) is 4.98 Å². The summed E-state index contributed by atoms with van der Waals surface area (Å²) in [6.07, 6.45) is 10.1. The topological polar surface area (TPSA) is 70.2 Å². The first-order valence-corrected chi connectivity index (χ1v) is 9.71. The molecule has 6 heteroatoms. The molecule has 0 aromatic carbocycles. The summed E-state index contributed by atoms with van der Waals surface area (Å²) in [5.74, 6) is 0.698. The zero-order valence-electron chi connectivity index (χ0n) is 16.2. The number of aromatic nitrogens is 2. The summed E-state index contributed by atoms with van der Waals surface area (Å²) in [7, 11) is 2.18. The lowest BCUT2D eigenvalue weighted by molar-refractivity contribution is 0.0945. The molecule has 144 valence electrons. The quantitative estimate of drug-likeness (QED) is 0.787. The van der Waals surface area contributed by atoms with Crippen LogP contribution in [-0.2, 0) is 6.54 Å². The van der Waals surface area contributed by atoms with Gasteiger partial charge in [-0.3, -0.25) is 9.78 Å². The molecule has 0 spiro atoms. The van der Waals surface area contributed by atoms with E-state index in [9.17, 15) is 4.79 Å². The van der Waals surface area contributed by atoms with Crippen LogP contribution < -0.4 is 10.6 Å². The zero-order valence-corrected chi connectivity index (χ0v) is 16.2. The smallest absolute Gasteiger partial charge is 0.252 e. The van der Waals surface area contributed by atoms with Crippen molar-refractivity contribution in [3.63, 3.8) is 0 Å². The molecule has 1 amide bonds. The van der Waals surface area contributed by atoms with E-state index in [1.807, 2.05) is 31.3 Å². The SMILES string of the molecule is Cc1cnccc1CNc1ccc(C(=O)NCCC2CCCCN2C)cn1. The Bertz CT molecular complexity index is 746. The fraction of sp³-hybridized carbons (Fsp3) is 0.476. The van der Waals surface area contributed by atoms with Crippen LogP contribution in [0.2, 0.25) is 0 Å². The molecule has 0 radical (unpaired) electrons. The number of nitrogens with one attached hydrogen (secondary N) is 2. The maximum absolute atomic E-state index is 12.3. The minimum atomic E-state index is -0.0579. The molecule has 6 nitrogen and oxygen atoms in total. The Morgan fingerprint density at radius 1 is 1.26 bits per heavy atom. The first kappa shape index (κ1) is 19.3. The van der Waals surface area contributed by atoms with Crippen molar-refractivity contribution < 1.29 is 4.79 Å². The summed E-state index contributed by atoms with van der Waals surface area (Å²) in [5, 5.41) is 6.30. The molecule has 2 N–H and O–H groups in total. The van der Waals surface area contributed by atoms with Crippen LogP contribution in [0.4, 0.5) is 5.82 Å². The molecule has 3 heterocycles. The van der Waals surface area contributed by atoms with Gasteiger partial charge >= 0.3 is 0 Å². The predicted octanol–water partition coefficient (Wildman–Crippen LogP) is 3.00. The minimum Gasteiger partial charge on any atom is -0.366 e. The Hall–Kier alpha value is -2.47. The van der Waals surface area contributed by atoms with Crippen molar-refractivity contribution in [2.45, 2.75) is 45.2 Å². The number of aryl methyl sites for hydroxylation is 1. The zero-order chi connectivity index (χ0) is 19.1. The number of hydrogen-bond donors (Lipinski definition) is 2. The Labute approximate surface area is 161 Å². The van der Waals surface area contributed by atoms with Gasteiger partial charge in [0.2, 0.25) is 0 Å². The monoisotopic (exact) mass is 367 g/mol. The van der Waals surface area contributed by atoms with Gasteiger partial charge in [0.05, 0.1) is 5.56 Å². The van der Waals surface area contributed by atoms with Gasteiger partial charge in [0.15, 0.2) is 0 Å². The molecule has 3 rings (SSSR count). The van der Waals surface area contributed by atoms with Crippen molar-refractivity contribution in [1.82, 2.24) is 20.2 Å². The van der Waals surface area contributed by atoms with E-state index >= 15 is 0 Å². The summed E-state index contributed by atoms with van der Waals surface area (Å²) in [6, 6.07) is 6.24. The van der Waals surface area contributed by atoms with Crippen LogP contribution in [0.3, 0.4) is 0 Å². The van der Waals surface area contributed by atoms with E-state index in [1.54, 1.807) is 12.4 Å². The molecule has 1 saturated heterocycles. The van der Waals surface area contributed by atoms with E-state index in [-0.39, 0.29) is 5.91 Å². The molecule has 1 aliphatic rings. The number of carbonyl (C=O) groups excluding carboxylic acids is 1. The molecule has 1 atom stereocenters. The van der Waals surface area contributed by atoms with E-state index in [2.05, 4.69) is 32.5 Å². The Balaban J connectivity index is 1.45. The summed E-state index contributed by atoms with van der Waals surface area (Å²) in [5.41, 5.74) is 2.92. The van der Waals surface area contributed by atoms with Crippen LogP contribution in [0.1, 0.15) is 47.2 Å². The molecular weight excluding hydrogens is 338 g/mol. The van der Waals surface area contributed by atoms with E-state index in [0.29, 0.717) is 24.7 Å². The molecule has 2 aromatic rings. The van der Waals surface area contributed by atoms with Crippen LogP contribution in [0.25, 0.3) is 0 Å². The number of anilines is 1. The van der Waals surface area contributed by atoms with Crippen LogP contribution in [-0.4, -0.2) is 47.0 Å². The van der Waals surface area contributed by atoms with E-state index in [0.717, 1.165) is 24.3 Å². The Morgan fingerprint density at radius 2 is 2.15 bits per heavy atom. The summed E-state index contributed by atoms with van der Waals surface area (Å²) >= 11 is 0. The van der Waals surface area contributed by atoms with Gasteiger partial charge in [-0.15, -0.1) is 0 Å². The second-order valence-electron chi connectivity index (χ2n) is 7.26. The number of piperidine rings is 1. The first-order valence-electron chi connectivity index (χ1n) is 9.71. The number of likely N-dealkylation sites (tertiary alicyclic amines) is 1. The molecular formula is C21H29N5O. The second-order valence-corrected chi connectivity index (χ2v) is 7.26. The van der Waals surface area contributed by atoms with Crippen LogP contribution in [0, 0.1) is 6.92 Å². The van der Waals surface area contributed by atoms with Crippen molar-refractivity contribution in [2.24, 2.45) is 0 Å². The number of hydrogen-bond acceptors (Lipinski definition) is 5. The standard InChI is InChI=1S/C21H29N5O/c1-16-13-22-10-8-17(16)14-24-20-7-6-18(15-25-20)21(27)23-11-9-19-5-3-4-12-26(19)2/h6-8,10,13,15,19H,3-5,9,11-12,14H2,1-2H3,(H,23,27)(H,24,25). The first-order chi connectivity index (χ1) is 13.1. The molecule has 1 fully saturated rings. The highest BCUT2D eigenvalue weighted by atomic mass is 16.1. The highest BCUT2D eigenvalue weighted by Gasteiger charge is 2.18. The van der Waals surface area contributed by atoms with Gasteiger partial charge in [0.1, 0.15) is 5.82 Å². The molecule has 27 heavy (non-hydrogen) atoms. The van der Waals surface area contributed by atoms with Crippen molar-refractivity contribution >= 4 is 11.7 Å². The minimum absolute atomic E-state index is 0.0579. The van der Waals surface area contributed by atoms with Gasteiger partial charge < -0.3 is 15.5 Å². The van der Waals surface area contributed by atoms with Crippen LogP contribution in [0.5, 0.6) is 0 Å². The number of pyridine rings is 2. The van der Waals surface area contributed by atoms with E-state index in [4.69, 9.17) is 0 Å². The highest BCUT2D eigenvalue weighted by Crippen LogP contribution is 2.17. The van der Waals surface area contributed by atoms with Crippen LogP contribution >= 0.6 is 0 Å². The fourth-order valence-corrected chi connectivity index (χ4v) is 3.48. The van der Waals surface area contributed by atoms with Crippen LogP contribution in [0.15, 0.2) is 36.8 Å². The van der Waals surface area contributed by atoms with Crippen molar-refractivity contribution in [2.75, 3.05) is 25.5 Å². The summed E-state index contributed by atoms with van der Waals surface area (Å²) < 4.78 is 0. The van der Waals surface area contributed by atoms with E-state index < -0.39 is 0 Å². The number of rotatable bonds is 7. The van der Waals surface area contributed by atoms with Gasteiger partial charge in [0.25, 0.3) is 5.91 Å². The predicted molar refractivity (Wildman–Crippen MR) is 108 cm³/mol. The molecule has 1 aliphatic heterocycles. The molecule has 0 saturated carbocycles. The maximum atomic E-state index is 12.3. The Morgan fingerprint density at radius 3 is 2.89 bits per heavy atom. The average Bonchev–Trinajstić information content (AvgIpc) is 2.69. The normalized spacial score (nSPS) is 17.5. The highest BCUT2D eigenvalue weighted by molar-refractivity contribution is 5.94. The third-order valence-electron chi connectivity index (χ3n) is 5.31. The molecule has 0 aliphatic carbocycles. The lowest BCUT2D eigenvalue weighted by Gasteiger charge is -2.32. The van der Waals surface area contributed by atoms with Gasteiger partial charge in [-0.05, 0) is 69.1 Å².